The third-order valence-corrected chi connectivity index (χ3v) is 7.38. The summed E-state index contributed by atoms with van der Waals surface area (Å²) in [5, 5.41) is 13.1. The van der Waals surface area contributed by atoms with Gasteiger partial charge in [-0.2, -0.15) is 0 Å². The zero-order valence-electron chi connectivity index (χ0n) is 16.3. The van der Waals surface area contributed by atoms with Crippen LogP contribution in [0.4, 0.5) is 24.7 Å². The molecule has 3 heterocycles. The third kappa shape index (κ3) is 3.18. The van der Waals surface area contributed by atoms with Crippen LogP contribution in [0.1, 0.15) is 12.0 Å². The Morgan fingerprint density at radius 2 is 2.06 bits per heavy atom. The predicted octanol–water partition coefficient (Wildman–Crippen LogP) is 3.68. The highest BCUT2D eigenvalue weighted by atomic mass is 35.5. The van der Waals surface area contributed by atoms with E-state index >= 15 is 0 Å². The van der Waals surface area contributed by atoms with Gasteiger partial charge in [-0.1, -0.05) is 23.4 Å². The Morgan fingerprint density at radius 1 is 1.25 bits per heavy atom. The quantitative estimate of drug-likeness (QED) is 0.511. The van der Waals surface area contributed by atoms with Crippen molar-refractivity contribution in [1.82, 2.24) is 15.0 Å². The minimum atomic E-state index is -1.74. The molecule has 2 aliphatic rings. The minimum absolute atomic E-state index is 0.0199. The van der Waals surface area contributed by atoms with Crippen LogP contribution in [0.2, 0.25) is 5.02 Å². The van der Waals surface area contributed by atoms with Crippen LogP contribution in [0, 0.1) is 17.6 Å². The molecule has 1 aliphatic heterocycles. The van der Waals surface area contributed by atoms with Crippen molar-refractivity contribution in [2.75, 3.05) is 18.6 Å². The van der Waals surface area contributed by atoms with E-state index < -0.39 is 34.5 Å². The molecule has 0 amide bonds. The number of anilines is 2. The van der Waals surface area contributed by atoms with Crippen LogP contribution < -0.4 is 11.1 Å². The zero-order chi connectivity index (χ0) is 22.7. The number of alkyl halides is 1. The van der Waals surface area contributed by atoms with Crippen molar-refractivity contribution in [3.05, 3.63) is 52.9 Å². The molecule has 12 heteroatoms. The average Bonchev–Trinajstić information content (AvgIpc) is 3.51. The molecular weight excluding hydrogens is 465 g/mol. The van der Waals surface area contributed by atoms with E-state index in [1.807, 2.05) is 0 Å². The van der Waals surface area contributed by atoms with Gasteiger partial charge in [-0.25, -0.2) is 33.1 Å². The average molecular weight is 481 g/mol. The van der Waals surface area contributed by atoms with Crippen LogP contribution in [-0.2, 0) is 5.54 Å². The van der Waals surface area contributed by atoms with E-state index in [0.717, 1.165) is 17.8 Å². The zero-order valence-corrected chi connectivity index (χ0v) is 17.9. The number of nitrogens with two attached hydrogens (primary N) is 1. The number of aliphatic hydroxyl groups is 1. The largest absolute Gasteiger partial charge is 0.395 e. The Morgan fingerprint density at radius 3 is 2.81 bits per heavy atom. The summed E-state index contributed by atoms with van der Waals surface area (Å²) in [6.45, 7) is -1.37. The van der Waals surface area contributed by atoms with Crippen molar-refractivity contribution in [2.45, 2.75) is 16.7 Å². The van der Waals surface area contributed by atoms with Crippen LogP contribution in [0.15, 0.2) is 35.7 Å². The van der Waals surface area contributed by atoms with Crippen LogP contribution >= 0.6 is 23.4 Å². The van der Waals surface area contributed by atoms with Gasteiger partial charge in [0.15, 0.2) is 22.6 Å². The van der Waals surface area contributed by atoms with Gasteiger partial charge in [0.1, 0.15) is 24.1 Å². The van der Waals surface area contributed by atoms with Gasteiger partial charge < -0.3 is 16.2 Å². The molecular formula is C20H16ClF3N6OS. The highest BCUT2D eigenvalue weighted by molar-refractivity contribution is 8.15. The molecule has 1 aliphatic carbocycles. The lowest BCUT2D eigenvalue weighted by molar-refractivity contribution is 0.230. The van der Waals surface area contributed by atoms with Gasteiger partial charge in [0.25, 0.3) is 0 Å². The molecule has 5 rings (SSSR count). The maximum atomic E-state index is 15.0. The molecule has 1 fully saturated rings. The highest BCUT2D eigenvalue weighted by Crippen LogP contribution is 2.66. The molecule has 32 heavy (non-hydrogen) atoms. The molecule has 0 spiro atoms. The van der Waals surface area contributed by atoms with Gasteiger partial charge in [0.2, 0.25) is 0 Å². The smallest absolute Gasteiger partial charge is 0.164 e. The number of hydrogen-bond donors (Lipinski definition) is 3. The first-order valence-corrected chi connectivity index (χ1v) is 10.8. The first-order chi connectivity index (χ1) is 15.3. The second kappa shape index (κ2) is 7.46. The number of rotatable bonds is 5. The number of nitrogens with one attached hydrogen (secondary N) is 1. The molecule has 1 aromatic carbocycles. The van der Waals surface area contributed by atoms with Crippen molar-refractivity contribution < 1.29 is 18.3 Å². The number of fused-ring (bicyclic) bond motifs is 2. The molecule has 166 valence electrons. The summed E-state index contributed by atoms with van der Waals surface area (Å²) in [5.74, 6) is -2.70. The fraction of sp³-hybridized carbons (Fsp3) is 0.300. The van der Waals surface area contributed by atoms with E-state index in [-0.39, 0.29) is 28.8 Å². The maximum absolute atomic E-state index is 15.0. The van der Waals surface area contributed by atoms with E-state index in [1.165, 1.54) is 18.6 Å². The summed E-state index contributed by atoms with van der Waals surface area (Å²) < 4.78 is 43.4. The Hall–Kier alpha value is -2.63. The molecule has 0 saturated heterocycles. The van der Waals surface area contributed by atoms with Crippen molar-refractivity contribution >= 4 is 51.1 Å². The first kappa shape index (κ1) is 21.2. The van der Waals surface area contributed by atoms with Crippen molar-refractivity contribution in [3.8, 4) is 0 Å². The van der Waals surface area contributed by atoms with Gasteiger partial charge in [-0.3, -0.25) is 0 Å². The van der Waals surface area contributed by atoms with Crippen LogP contribution in [0.5, 0.6) is 0 Å². The van der Waals surface area contributed by atoms with Crippen LogP contribution in [0.25, 0.3) is 11.0 Å². The fourth-order valence-electron chi connectivity index (χ4n) is 4.28. The monoisotopic (exact) mass is 480 g/mol. The van der Waals surface area contributed by atoms with Gasteiger partial charge in [-0.15, -0.1) is 0 Å². The summed E-state index contributed by atoms with van der Waals surface area (Å²) in [6, 6.07) is 3.81. The summed E-state index contributed by atoms with van der Waals surface area (Å²) in [7, 11) is 0. The summed E-state index contributed by atoms with van der Waals surface area (Å²) >= 11 is 7.09. The lowest BCUT2D eigenvalue weighted by Crippen LogP contribution is -2.41. The van der Waals surface area contributed by atoms with E-state index in [9.17, 15) is 18.3 Å². The number of amidine groups is 1. The van der Waals surface area contributed by atoms with E-state index in [4.69, 9.17) is 17.3 Å². The van der Waals surface area contributed by atoms with Gasteiger partial charge in [0.05, 0.1) is 21.9 Å². The Labute approximate surface area is 189 Å². The lowest BCUT2D eigenvalue weighted by atomic mass is 9.84. The van der Waals surface area contributed by atoms with Crippen molar-refractivity contribution in [3.63, 3.8) is 0 Å². The van der Waals surface area contributed by atoms with Gasteiger partial charge >= 0.3 is 0 Å². The Kier molecular flexibility index (Phi) is 4.95. The minimum Gasteiger partial charge on any atom is -0.395 e. The third-order valence-electron chi connectivity index (χ3n) is 5.89. The number of thioether (sulfide) groups is 1. The molecule has 7 nitrogen and oxygen atoms in total. The summed E-state index contributed by atoms with van der Waals surface area (Å²) in [5.41, 5.74) is 4.81. The lowest BCUT2D eigenvalue weighted by Gasteiger charge is -2.34. The SMILES string of the molecule is NC1=N[C@](CF)(c2cc(Nc3ncnc4cc(Cl)cnc34)cc(F)c2F)[C@@H]2C[C@]2(CO)S1. The Balaban J connectivity index is 1.61. The number of benzene rings is 1. The number of aromatic nitrogens is 3. The molecule has 4 N–H and O–H groups in total. The fourth-order valence-corrected chi connectivity index (χ4v) is 5.71. The summed E-state index contributed by atoms with van der Waals surface area (Å²) in [6.07, 6.45) is 3.06. The molecule has 0 unspecified atom stereocenters. The number of halogens is 4. The second-order valence-electron chi connectivity index (χ2n) is 7.78. The standard InChI is InChI=1S/C20H16ClF3N6OS/c21-9-1-13-16(26-5-9)17(28-8-27-13)29-10-2-11(15(24)12(23)3-10)20(6-22)14-4-19(14,7-31)32-18(25)30-20/h1-3,5,8,14,31H,4,6-7H2,(H2,25,30)(H,27,28,29)/t14-,19-,20-/m1/s1. The molecule has 2 aromatic heterocycles. The van der Waals surface area contributed by atoms with Crippen molar-refractivity contribution in [2.24, 2.45) is 16.6 Å². The number of pyridine rings is 1. The molecule has 0 bridgehead atoms. The topological polar surface area (TPSA) is 109 Å². The molecule has 0 radical (unpaired) electrons. The normalized spacial score (nSPS) is 26.5. The van der Waals surface area contributed by atoms with Gasteiger partial charge in [-0.05, 0) is 18.6 Å². The number of aliphatic imine (C=N–C) groups is 1. The van der Waals surface area contributed by atoms with E-state index in [0.29, 0.717) is 22.5 Å². The number of nitrogens with zero attached hydrogens (tertiary/aromatic N) is 4. The molecule has 1 saturated carbocycles. The van der Waals surface area contributed by atoms with Crippen LogP contribution in [-0.4, -0.2) is 43.3 Å². The van der Waals surface area contributed by atoms with Crippen LogP contribution in [0.3, 0.4) is 0 Å². The van der Waals surface area contributed by atoms with E-state index in [2.05, 4.69) is 25.3 Å². The Bertz CT molecular complexity index is 1280. The maximum Gasteiger partial charge on any atom is 0.164 e. The first-order valence-electron chi connectivity index (χ1n) is 9.56. The van der Waals surface area contributed by atoms with Gasteiger partial charge in [0, 0.05) is 29.4 Å². The second-order valence-corrected chi connectivity index (χ2v) is 9.65. The molecule has 3 aromatic rings. The number of aliphatic hydroxyl groups excluding tert-OH is 1. The highest BCUT2D eigenvalue weighted by Gasteiger charge is 2.68. The van der Waals surface area contributed by atoms with Crippen molar-refractivity contribution in [1.29, 1.82) is 0 Å². The van der Waals surface area contributed by atoms with E-state index in [1.54, 1.807) is 6.07 Å². The molecule has 3 atom stereocenters. The number of hydrogen-bond acceptors (Lipinski definition) is 8. The predicted molar refractivity (Wildman–Crippen MR) is 117 cm³/mol. The summed E-state index contributed by atoms with van der Waals surface area (Å²) in [4.78, 5) is 16.6.